The van der Waals surface area contributed by atoms with E-state index in [2.05, 4.69) is 24.1 Å². The summed E-state index contributed by atoms with van der Waals surface area (Å²) in [6.07, 6.45) is 2.34. The lowest BCUT2D eigenvalue weighted by Crippen LogP contribution is -2.53. The summed E-state index contributed by atoms with van der Waals surface area (Å²) >= 11 is 0. The van der Waals surface area contributed by atoms with Crippen molar-refractivity contribution in [3.63, 3.8) is 0 Å². The molecule has 0 saturated carbocycles. The van der Waals surface area contributed by atoms with E-state index in [1.807, 2.05) is 44.2 Å². The quantitative estimate of drug-likeness (QED) is 0.471. The molecule has 2 rings (SSSR count). The fraction of sp³-hybridized carbons (Fsp3) is 0.519. The monoisotopic (exact) mass is 469 g/mol. The van der Waals surface area contributed by atoms with Gasteiger partial charge in [0.15, 0.2) is 23.0 Å². The van der Waals surface area contributed by atoms with Crippen molar-refractivity contribution in [3.05, 3.63) is 47.5 Å². The number of methoxy groups -OCH3 is 4. The minimum absolute atomic E-state index is 0.593. The fourth-order valence-electron chi connectivity index (χ4n) is 4.29. The molecule has 2 aromatic rings. The van der Waals surface area contributed by atoms with E-state index in [4.69, 9.17) is 24.7 Å². The number of nitriles is 1. The van der Waals surface area contributed by atoms with Crippen molar-refractivity contribution in [1.29, 1.82) is 5.26 Å². The Morgan fingerprint density at radius 2 is 1.41 bits per heavy atom. The molecule has 7 nitrogen and oxygen atoms in total. The Hall–Kier alpha value is -2.95. The van der Waals surface area contributed by atoms with Crippen molar-refractivity contribution in [3.8, 4) is 29.1 Å². The number of rotatable bonds is 13. The Morgan fingerprint density at radius 3 is 1.94 bits per heavy atom. The Labute approximate surface area is 204 Å². The number of nitrogens with zero attached hydrogens (tertiary/aromatic N) is 2. The molecule has 0 spiro atoms. The van der Waals surface area contributed by atoms with Gasteiger partial charge in [0, 0.05) is 12.1 Å². The molecule has 34 heavy (non-hydrogen) atoms. The summed E-state index contributed by atoms with van der Waals surface area (Å²) in [5.74, 6) is 2.69. The van der Waals surface area contributed by atoms with Crippen molar-refractivity contribution >= 4 is 0 Å². The first-order valence-corrected chi connectivity index (χ1v) is 11.5. The topological polar surface area (TPSA) is 90.0 Å². The van der Waals surface area contributed by atoms with Gasteiger partial charge in [0.05, 0.1) is 39.9 Å². The number of nitrogens with two attached hydrogens (primary N) is 1. The van der Waals surface area contributed by atoms with Crippen LogP contribution in [0.15, 0.2) is 36.4 Å². The van der Waals surface area contributed by atoms with Gasteiger partial charge in [-0.2, -0.15) is 5.26 Å². The predicted octanol–water partition coefficient (Wildman–Crippen LogP) is 4.17. The van der Waals surface area contributed by atoms with E-state index in [0.717, 1.165) is 43.0 Å². The third kappa shape index (κ3) is 6.13. The molecular weight excluding hydrogens is 430 g/mol. The lowest BCUT2D eigenvalue weighted by Gasteiger charge is -2.40. The lowest BCUT2D eigenvalue weighted by molar-refractivity contribution is 0.268. The number of ether oxygens (including phenoxy) is 4. The van der Waals surface area contributed by atoms with Gasteiger partial charge in [0.1, 0.15) is 0 Å². The van der Waals surface area contributed by atoms with Gasteiger partial charge in [-0.3, -0.25) is 0 Å². The van der Waals surface area contributed by atoms with E-state index < -0.39 is 11.0 Å². The zero-order valence-electron chi connectivity index (χ0n) is 21.6. The molecule has 0 aliphatic heterocycles. The van der Waals surface area contributed by atoms with Gasteiger partial charge in [0.25, 0.3) is 0 Å². The minimum atomic E-state index is -0.864. The van der Waals surface area contributed by atoms with Gasteiger partial charge in [-0.25, -0.2) is 0 Å². The van der Waals surface area contributed by atoms with Crippen LogP contribution >= 0.6 is 0 Å². The molecular formula is C27H39N3O4. The molecule has 0 saturated heterocycles. The van der Waals surface area contributed by atoms with Gasteiger partial charge >= 0.3 is 0 Å². The summed E-state index contributed by atoms with van der Waals surface area (Å²) in [5.41, 5.74) is 7.00. The van der Waals surface area contributed by atoms with Crippen LogP contribution in [0.2, 0.25) is 0 Å². The molecule has 7 heteroatoms. The third-order valence-corrected chi connectivity index (χ3v) is 6.49. The van der Waals surface area contributed by atoms with Crippen LogP contribution in [0.4, 0.5) is 0 Å². The number of hydrogen-bond acceptors (Lipinski definition) is 7. The van der Waals surface area contributed by atoms with Crippen LogP contribution in [-0.2, 0) is 11.8 Å². The molecule has 0 aliphatic carbocycles. The highest BCUT2D eigenvalue weighted by Gasteiger charge is 2.44. The van der Waals surface area contributed by atoms with Crippen LogP contribution in [0.1, 0.15) is 37.8 Å². The molecule has 186 valence electrons. The van der Waals surface area contributed by atoms with E-state index >= 15 is 0 Å². The summed E-state index contributed by atoms with van der Waals surface area (Å²) in [6.45, 7) is 5.55. The molecule has 0 heterocycles. The smallest absolute Gasteiger partial charge is 0.161 e. The maximum atomic E-state index is 10.3. The third-order valence-electron chi connectivity index (χ3n) is 6.49. The fourth-order valence-corrected chi connectivity index (χ4v) is 4.29. The highest BCUT2D eigenvalue weighted by atomic mass is 16.5. The Morgan fingerprint density at radius 1 is 0.853 bits per heavy atom. The van der Waals surface area contributed by atoms with Gasteiger partial charge in [-0.05, 0) is 82.1 Å². The first-order chi connectivity index (χ1) is 16.1. The average Bonchev–Trinajstić information content (AvgIpc) is 2.83. The van der Waals surface area contributed by atoms with E-state index in [1.165, 1.54) is 5.56 Å². The highest BCUT2D eigenvalue weighted by Crippen LogP contribution is 2.41. The molecule has 2 N–H and O–H groups in total. The van der Waals surface area contributed by atoms with Crippen LogP contribution in [0.3, 0.4) is 0 Å². The standard InChI is InChI=1S/C27H39N3O4/c1-26(2,29)27(19-28,21-10-12-23(32-5)25(18-21)34-7)14-8-15-30(3)16-13-20-9-11-22(31-4)24(17-20)33-6/h9-12,17-18H,8,13-16,29H2,1-7H3. The molecule has 0 bridgehead atoms. The van der Waals surface area contributed by atoms with E-state index in [-0.39, 0.29) is 0 Å². The van der Waals surface area contributed by atoms with Crippen LogP contribution in [0.5, 0.6) is 23.0 Å². The van der Waals surface area contributed by atoms with Gasteiger partial charge in [0.2, 0.25) is 0 Å². The molecule has 0 aliphatic rings. The van der Waals surface area contributed by atoms with Crippen molar-refractivity contribution < 1.29 is 18.9 Å². The highest BCUT2D eigenvalue weighted by molar-refractivity contribution is 5.49. The summed E-state index contributed by atoms with van der Waals surface area (Å²) in [4.78, 5) is 2.27. The minimum Gasteiger partial charge on any atom is -0.493 e. The number of benzene rings is 2. The van der Waals surface area contributed by atoms with Crippen LogP contribution in [0.25, 0.3) is 0 Å². The average molecular weight is 470 g/mol. The van der Waals surface area contributed by atoms with Crippen LogP contribution < -0.4 is 24.7 Å². The lowest BCUT2D eigenvalue weighted by atomic mass is 9.65. The van der Waals surface area contributed by atoms with E-state index in [1.54, 1.807) is 28.4 Å². The van der Waals surface area contributed by atoms with Crippen molar-refractivity contribution in [1.82, 2.24) is 4.90 Å². The molecule has 0 aromatic heterocycles. The van der Waals surface area contributed by atoms with Gasteiger partial charge in [-0.15, -0.1) is 0 Å². The van der Waals surface area contributed by atoms with Crippen LogP contribution in [-0.4, -0.2) is 59.0 Å². The van der Waals surface area contributed by atoms with E-state index in [9.17, 15) is 5.26 Å². The first kappa shape index (κ1) is 27.3. The Balaban J connectivity index is 2.08. The molecule has 0 fully saturated rings. The predicted molar refractivity (Wildman–Crippen MR) is 135 cm³/mol. The van der Waals surface area contributed by atoms with E-state index in [0.29, 0.717) is 17.9 Å². The molecule has 1 atom stereocenters. The number of likely N-dealkylation sites (N-methyl/N-ethyl adjacent to an activating group) is 1. The molecule has 0 radical (unpaired) electrons. The second kappa shape index (κ2) is 12.0. The van der Waals surface area contributed by atoms with Crippen molar-refractivity contribution in [2.45, 2.75) is 44.1 Å². The normalized spacial score (nSPS) is 13.2. The summed E-state index contributed by atoms with van der Waals surface area (Å²) in [7, 11) is 8.57. The molecule has 2 aromatic carbocycles. The maximum absolute atomic E-state index is 10.3. The summed E-state index contributed by atoms with van der Waals surface area (Å²) in [6, 6.07) is 14.2. The second-order valence-electron chi connectivity index (χ2n) is 9.15. The van der Waals surface area contributed by atoms with Crippen molar-refractivity contribution in [2.75, 3.05) is 48.6 Å². The maximum Gasteiger partial charge on any atom is 0.161 e. The Bertz CT molecular complexity index is 981. The summed E-state index contributed by atoms with van der Waals surface area (Å²) < 4.78 is 21.6. The summed E-state index contributed by atoms with van der Waals surface area (Å²) in [5, 5.41) is 10.3. The van der Waals surface area contributed by atoms with Gasteiger partial charge in [-0.1, -0.05) is 12.1 Å². The zero-order chi connectivity index (χ0) is 25.4. The molecule has 0 amide bonds. The number of hydrogen-bond donors (Lipinski definition) is 1. The zero-order valence-corrected chi connectivity index (χ0v) is 21.6. The first-order valence-electron chi connectivity index (χ1n) is 11.5. The Kier molecular flexibility index (Phi) is 9.60. The van der Waals surface area contributed by atoms with Gasteiger partial charge < -0.3 is 29.6 Å². The SMILES string of the molecule is COc1ccc(CCN(C)CCCC(C#N)(c2ccc(OC)c(OC)c2)C(C)(C)N)cc1OC. The van der Waals surface area contributed by atoms with Crippen LogP contribution in [0, 0.1) is 11.3 Å². The molecule has 1 unspecified atom stereocenters. The largest absolute Gasteiger partial charge is 0.493 e. The van der Waals surface area contributed by atoms with Crippen molar-refractivity contribution in [2.24, 2.45) is 5.73 Å². The second-order valence-corrected chi connectivity index (χ2v) is 9.15.